The molecule has 0 radical (unpaired) electrons. The van der Waals surface area contributed by atoms with Crippen molar-refractivity contribution in [1.82, 2.24) is 4.90 Å². The van der Waals surface area contributed by atoms with Crippen LogP contribution in [0.4, 0.5) is 10.5 Å². The van der Waals surface area contributed by atoms with Crippen LogP contribution in [-0.4, -0.2) is 30.6 Å². The summed E-state index contributed by atoms with van der Waals surface area (Å²) < 4.78 is 5.59. The minimum Gasteiger partial charge on any atom is -0.468 e. The van der Waals surface area contributed by atoms with Crippen LogP contribution >= 0.6 is 27.5 Å². The van der Waals surface area contributed by atoms with Crippen molar-refractivity contribution in [3.63, 3.8) is 0 Å². The van der Waals surface area contributed by atoms with E-state index in [4.69, 9.17) is 16.3 Å². The highest BCUT2D eigenvalue weighted by atomic mass is 79.9. The van der Waals surface area contributed by atoms with Gasteiger partial charge in [0.2, 0.25) is 0 Å². The molecule has 0 saturated heterocycles. The van der Waals surface area contributed by atoms with Crippen LogP contribution in [0.2, 0.25) is 5.02 Å². The average Bonchev–Trinajstić information content (AvgIpc) is 2.57. The first-order valence-electron chi connectivity index (χ1n) is 7.19. The minimum absolute atomic E-state index is 0.176. The van der Waals surface area contributed by atoms with Gasteiger partial charge in [0.25, 0.3) is 0 Å². The predicted molar refractivity (Wildman–Crippen MR) is 95.2 cm³/mol. The molecule has 124 valence electrons. The Hall–Kier alpha value is -2.05. The number of halogens is 2. The lowest BCUT2D eigenvalue weighted by molar-refractivity contribution is -0.141. The molecule has 2 aromatic rings. The molecule has 1 N–H and O–H groups in total. The zero-order valence-electron chi connectivity index (χ0n) is 12.8. The van der Waals surface area contributed by atoms with Crippen molar-refractivity contribution in [3.05, 3.63) is 63.1 Å². The molecular weight excluding hydrogens is 396 g/mol. The van der Waals surface area contributed by atoms with Crippen LogP contribution in [0.15, 0.2) is 46.9 Å². The van der Waals surface area contributed by atoms with E-state index in [1.165, 1.54) is 12.0 Å². The Labute approximate surface area is 152 Å². The van der Waals surface area contributed by atoms with Gasteiger partial charge in [0.15, 0.2) is 0 Å². The van der Waals surface area contributed by atoms with Gasteiger partial charge in [0.05, 0.1) is 13.2 Å². The lowest BCUT2D eigenvalue weighted by atomic mass is 9.94. The standard InChI is InChI=1S/C17H14BrClN2O3/c1-24-15(22)9-21-16(11-4-2-3-5-13(11)19)12-8-10(18)6-7-14(12)20-17(21)23/h2-8,16H,9H2,1H3,(H,20,23)/t16-/m0/s1. The number of nitrogens with zero attached hydrogens (tertiary/aromatic N) is 1. The van der Waals surface area contributed by atoms with Crippen molar-refractivity contribution in [2.75, 3.05) is 19.0 Å². The fourth-order valence-corrected chi connectivity index (χ4v) is 3.36. The molecule has 2 amide bonds. The normalized spacial score (nSPS) is 16.4. The van der Waals surface area contributed by atoms with E-state index in [-0.39, 0.29) is 12.6 Å². The Morgan fingerprint density at radius 2 is 2.04 bits per heavy atom. The van der Waals surface area contributed by atoms with Crippen LogP contribution in [0.5, 0.6) is 0 Å². The maximum atomic E-state index is 12.5. The number of hydrogen-bond donors (Lipinski definition) is 1. The van der Waals surface area contributed by atoms with Crippen LogP contribution in [0.3, 0.4) is 0 Å². The van der Waals surface area contributed by atoms with Gasteiger partial charge in [-0.15, -0.1) is 0 Å². The molecule has 7 heteroatoms. The molecule has 1 aliphatic heterocycles. The van der Waals surface area contributed by atoms with Gasteiger partial charge in [-0.2, -0.15) is 0 Å². The zero-order valence-corrected chi connectivity index (χ0v) is 15.1. The van der Waals surface area contributed by atoms with Crippen LogP contribution in [0, 0.1) is 0 Å². The van der Waals surface area contributed by atoms with E-state index in [0.29, 0.717) is 10.7 Å². The summed E-state index contributed by atoms with van der Waals surface area (Å²) in [6, 6.07) is 12.0. The monoisotopic (exact) mass is 408 g/mol. The van der Waals surface area contributed by atoms with E-state index in [1.54, 1.807) is 6.07 Å². The quantitative estimate of drug-likeness (QED) is 0.773. The number of carbonyl (C=O) groups is 2. The molecule has 0 fully saturated rings. The Morgan fingerprint density at radius 3 is 2.75 bits per heavy atom. The zero-order chi connectivity index (χ0) is 17.3. The molecule has 0 unspecified atom stereocenters. The molecule has 2 aromatic carbocycles. The summed E-state index contributed by atoms with van der Waals surface area (Å²) in [6.45, 7) is -0.176. The number of rotatable bonds is 3. The molecule has 3 rings (SSSR count). The summed E-state index contributed by atoms with van der Waals surface area (Å²) in [4.78, 5) is 25.7. The average molecular weight is 410 g/mol. The second-order valence-electron chi connectivity index (χ2n) is 5.29. The summed E-state index contributed by atoms with van der Waals surface area (Å²) in [5, 5.41) is 3.33. The molecule has 24 heavy (non-hydrogen) atoms. The largest absolute Gasteiger partial charge is 0.468 e. The number of esters is 1. The van der Waals surface area contributed by atoms with Crippen LogP contribution in [-0.2, 0) is 9.53 Å². The number of urea groups is 1. The molecule has 1 aliphatic rings. The highest BCUT2D eigenvalue weighted by Crippen LogP contribution is 2.41. The van der Waals surface area contributed by atoms with E-state index >= 15 is 0 Å². The van der Waals surface area contributed by atoms with Crippen LogP contribution in [0.1, 0.15) is 17.2 Å². The van der Waals surface area contributed by atoms with Crippen molar-refractivity contribution in [3.8, 4) is 0 Å². The maximum absolute atomic E-state index is 12.5. The smallest absolute Gasteiger partial charge is 0.325 e. The third kappa shape index (κ3) is 3.12. The van der Waals surface area contributed by atoms with Gasteiger partial charge in [-0.25, -0.2) is 4.79 Å². The summed E-state index contributed by atoms with van der Waals surface area (Å²) in [5.41, 5.74) is 2.28. The van der Waals surface area contributed by atoms with E-state index < -0.39 is 12.0 Å². The SMILES string of the molecule is COC(=O)CN1C(=O)Nc2ccc(Br)cc2[C@@H]1c1ccccc1Cl. The fourth-order valence-electron chi connectivity index (χ4n) is 2.74. The van der Waals surface area contributed by atoms with E-state index in [2.05, 4.69) is 21.2 Å². The van der Waals surface area contributed by atoms with Gasteiger partial charge >= 0.3 is 12.0 Å². The lowest BCUT2D eigenvalue weighted by Gasteiger charge is -2.37. The molecular formula is C17H14BrClN2O3. The predicted octanol–water partition coefficient (Wildman–Crippen LogP) is 4.21. The highest BCUT2D eigenvalue weighted by molar-refractivity contribution is 9.10. The number of amides is 2. The van der Waals surface area contributed by atoms with Crippen molar-refractivity contribution < 1.29 is 14.3 Å². The summed E-state index contributed by atoms with van der Waals surface area (Å²) >= 11 is 9.81. The van der Waals surface area contributed by atoms with Crippen molar-refractivity contribution in [1.29, 1.82) is 0 Å². The first kappa shape index (κ1) is 16.8. The number of ether oxygens (including phenoxy) is 1. The van der Waals surface area contributed by atoms with Crippen molar-refractivity contribution >= 4 is 45.2 Å². The molecule has 1 atom stereocenters. The van der Waals surface area contributed by atoms with Crippen LogP contribution in [0.25, 0.3) is 0 Å². The molecule has 0 saturated carbocycles. The van der Waals surface area contributed by atoms with Crippen molar-refractivity contribution in [2.45, 2.75) is 6.04 Å². The second-order valence-corrected chi connectivity index (χ2v) is 6.61. The molecule has 5 nitrogen and oxygen atoms in total. The number of hydrogen-bond acceptors (Lipinski definition) is 3. The van der Waals surface area contributed by atoms with E-state index in [9.17, 15) is 9.59 Å². The van der Waals surface area contributed by atoms with Gasteiger partial charge < -0.3 is 15.0 Å². The highest BCUT2D eigenvalue weighted by Gasteiger charge is 2.36. The van der Waals surface area contributed by atoms with Gasteiger partial charge in [0, 0.05) is 20.7 Å². The molecule has 1 heterocycles. The molecule has 0 aromatic heterocycles. The van der Waals surface area contributed by atoms with E-state index in [1.807, 2.05) is 36.4 Å². The topological polar surface area (TPSA) is 58.6 Å². The molecule has 0 spiro atoms. The second kappa shape index (κ2) is 6.83. The van der Waals surface area contributed by atoms with Gasteiger partial charge in [0.1, 0.15) is 6.54 Å². The van der Waals surface area contributed by atoms with E-state index in [0.717, 1.165) is 15.6 Å². The molecule has 0 aliphatic carbocycles. The third-order valence-electron chi connectivity index (χ3n) is 3.85. The third-order valence-corrected chi connectivity index (χ3v) is 4.69. The Kier molecular flexibility index (Phi) is 4.78. The van der Waals surface area contributed by atoms with Gasteiger partial charge in [-0.3, -0.25) is 4.79 Å². The Balaban J connectivity index is 2.16. The first-order valence-corrected chi connectivity index (χ1v) is 8.36. The summed E-state index contributed by atoms with van der Waals surface area (Å²) in [6.07, 6.45) is 0. The van der Waals surface area contributed by atoms with Crippen molar-refractivity contribution in [2.24, 2.45) is 0 Å². The number of benzene rings is 2. The fraction of sp³-hybridized carbons (Fsp3) is 0.176. The molecule has 0 bridgehead atoms. The Bertz CT molecular complexity index is 812. The van der Waals surface area contributed by atoms with Crippen LogP contribution < -0.4 is 5.32 Å². The maximum Gasteiger partial charge on any atom is 0.325 e. The van der Waals surface area contributed by atoms with Gasteiger partial charge in [-0.05, 0) is 29.8 Å². The summed E-state index contributed by atoms with van der Waals surface area (Å²) in [7, 11) is 1.29. The number of methoxy groups -OCH3 is 1. The Morgan fingerprint density at radius 1 is 1.29 bits per heavy atom. The first-order chi connectivity index (χ1) is 11.5. The number of fused-ring (bicyclic) bond motifs is 1. The number of anilines is 1. The lowest BCUT2D eigenvalue weighted by Crippen LogP contribution is -2.45. The summed E-state index contributed by atoms with van der Waals surface area (Å²) in [5.74, 6) is -0.499. The van der Waals surface area contributed by atoms with Gasteiger partial charge in [-0.1, -0.05) is 45.7 Å². The number of carbonyl (C=O) groups excluding carboxylic acids is 2. The minimum atomic E-state index is -0.499. The number of nitrogens with one attached hydrogen (secondary N) is 1.